The molecule has 0 aromatic carbocycles. The molecule has 3 rings (SSSR count). The van der Waals surface area contributed by atoms with Crippen molar-refractivity contribution in [1.82, 2.24) is 14.3 Å². The third kappa shape index (κ3) is 2.41. The van der Waals surface area contributed by atoms with Gasteiger partial charge in [-0.05, 0) is 38.6 Å². The average molecular weight is 273 g/mol. The minimum atomic E-state index is -0.922. The molecule has 1 aliphatic heterocycles. The van der Waals surface area contributed by atoms with Crippen LogP contribution in [0.1, 0.15) is 35.4 Å². The number of carbonyl (C=O) groups is 1. The molecule has 1 saturated heterocycles. The van der Waals surface area contributed by atoms with Gasteiger partial charge in [-0.2, -0.15) is 0 Å². The Kier molecular flexibility index (Phi) is 3.44. The topological polar surface area (TPSA) is 57.8 Å². The number of nitrogens with zero attached hydrogens (tertiary/aromatic N) is 3. The molecule has 5 heteroatoms. The van der Waals surface area contributed by atoms with E-state index in [4.69, 9.17) is 0 Å². The molecule has 5 nitrogen and oxygen atoms in total. The predicted octanol–water partition coefficient (Wildman–Crippen LogP) is 2.06. The number of likely N-dealkylation sites (tertiary alicyclic amines) is 1. The predicted molar refractivity (Wildman–Crippen MR) is 76.1 cm³/mol. The number of carboxylic acid groups (broad SMARTS) is 1. The largest absolute Gasteiger partial charge is 0.477 e. The minimum absolute atomic E-state index is 0.262. The molecule has 0 aliphatic carbocycles. The second-order valence-corrected chi connectivity index (χ2v) is 5.51. The van der Waals surface area contributed by atoms with Gasteiger partial charge in [0.05, 0.1) is 5.69 Å². The third-order valence-corrected chi connectivity index (χ3v) is 4.13. The standard InChI is InChI=1S/C15H19N3O2/c1-17-8-3-2-5-12(17)9-11-10-18-13(15(19)20)6-4-7-14(18)16-11/h4,6-7,10,12H,2-3,5,8-9H2,1H3,(H,19,20). The van der Waals surface area contributed by atoms with Gasteiger partial charge in [0.15, 0.2) is 0 Å². The summed E-state index contributed by atoms with van der Waals surface area (Å²) in [5.74, 6) is -0.922. The van der Waals surface area contributed by atoms with Gasteiger partial charge in [0.2, 0.25) is 0 Å². The summed E-state index contributed by atoms with van der Waals surface area (Å²) in [6, 6.07) is 5.71. The van der Waals surface area contributed by atoms with Crippen LogP contribution in [-0.4, -0.2) is 45.0 Å². The van der Waals surface area contributed by atoms with E-state index in [1.807, 2.05) is 12.3 Å². The number of likely N-dealkylation sites (N-methyl/N-ethyl adjacent to an activating group) is 1. The molecule has 0 saturated carbocycles. The minimum Gasteiger partial charge on any atom is -0.477 e. The summed E-state index contributed by atoms with van der Waals surface area (Å²) < 4.78 is 1.67. The summed E-state index contributed by atoms with van der Waals surface area (Å²) in [6.45, 7) is 1.14. The lowest BCUT2D eigenvalue weighted by Gasteiger charge is -2.31. The Morgan fingerprint density at radius 3 is 3.05 bits per heavy atom. The quantitative estimate of drug-likeness (QED) is 0.930. The number of aromatic carboxylic acids is 1. The Hall–Kier alpha value is -1.88. The van der Waals surface area contributed by atoms with Gasteiger partial charge in [0.25, 0.3) is 0 Å². The lowest BCUT2D eigenvalue weighted by molar-refractivity contribution is 0.0689. The van der Waals surface area contributed by atoms with Crippen molar-refractivity contribution in [2.45, 2.75) is 31.7 Å². The van der Waals surface area contributed by atoms with Crippen molar-refractivity contribution in [3.05, 3.63) is 35.8 Å². The molecule has 0 bridgehead atoms. The zero-order valence-electron chi connectivity index (χ0n) is 11.6. The van der Waals surface area contributed by atoms with Crippen LogP contribution >= 0.6 is 0 Å². The Morgan fingerprint density at radius 2 is 2.30 bits per heavy atom. The second-order valence-electron chi connectivity index (χ2n) is 5.51. The van der Waals surface area contributed by atoms with Crippen molar-refractivity contribution in [2.75, 3.05) is 13.6 Å². The summed E-state index contributed by atoms with van der Waals surface area (Å²) in [6.07, 6.45) is 6.47. The lowest BCUT2D eigenvalue weighted by atomic mass is 9.99. The van der Waals surface area contributed by atoms with E-state index >= 15 is 0 Å². The zero-order chi connectivity index (χ0) is 14.1. The monoisotopic (exact) mass is 273 g/mol. The van der Waals surface area contributed by atoms with Gasteiger partial charge in [0, 0.05) is 18.7 Å². The normalized spacial score (nSPS) is 20.4. The molecular formula is C15H19N3O2. The van der Waals surface area contributed by atoms with Gasteiger partial charge >= 0.3 is 5.97 Å². The highest BCUT2D eigenvalue weighted by molar-refractivity contribution is 5.86. The molecule has 2 aromatic heterocycles. The van der Waals surface area contributed by atoms with Crippen LogP contribution in [0.15, 0.2) is 24.4 Å². The van der Waals surface area contributed by atoms with Gasteiger partial charge in [-0.3, -0.25) is 4.40 Å². The fourth-order valence-corrected chi connectivity index (χ4v) is 2.98. The maximum Gasteiger partial charge on any atom is 0.352 e. The summed E-state index contributed by atoms with van der Waals surface area (Å²) in [5, 5.41) is 9.20. The van der Waals surface area contributed by atoms with Crippen LogP contribution in [0.5, 0.6) is 0 Å². The fourth-order valence-electron chi connectivity index (χ4n) is 2.98. The Balaban J connectivity index is 1.89. The number of fused-ring (bicyclic) bond motifs is 1. The number of rotatable bonds is 3. The highest BCUT2D eigenvalue weighted by atomic mass is 16.4. The SMILES string of the molecule is CN1CCCCC1Cc1cn2c(C(=O)O)cccc2n1. The van der Waals surface area contributed by atoms with Crippen molar-refractivity contribution in [2.24, 2.45) is 0 Å². The number of imidazole rings is 1. The van der Waals surface area contributed by atoms with Crippen LogP contribution in [0, 0.1) is 0 Å². The van der Waals surface area contributed by atoms with Crippen LogP contribution in [0.2, 0.25) is 0 Å². The molecule has 106 valence electrons. The molecule has 2 aromatic rings. The number of hydrogen-bond donors (Lipinski definition) is 1. The van der Waals surface area contributed by atoms with E-state index in [0.29, 0.717) is 11.7 Å². The Morgan fingerprint density at radius 1 is 1.45 bits per heavy atom. The lowest BCUT2D eigenvalue weighted by Crippen LogP contribution is -2.37. The van der Waals surface area contributed by atoms with Crippen molar-refractivity contribution in [3.63, 3.8) is 0 Å². The van der Waals surface area contributed by atoms with Gasteiger partial charge in [-0.25, -0.2) is 9.78 Å². The molecule has 1 atom stereocenters. The molecule has 3 heterocycles. The molecule has 1 fully saturated rings. The fraction of sp³-hybridized carbons (Fsp3) is 0.467. The number of carboxylic acids is 1. The summed E-state index contributed by atoms with van der Waals surface area (Å²) in [4.78, 5) is 18.1. The van der Waals surface area contributed by atoms with Crippen LogP contribution in [-0.2, 0) is 6.42 Å². The molecule has 0 radical (unpaired) electrons. The molecule has 1 aliphatic rings. The van der Waals surface area contributed by atoms with Crippen molar-refractivity contribution < 1.29 is 9.90 Å². The van der Waals surface area contributed by atoms with Crippen molar-refractivity contribution in [1.29, 1.82) is 0 Å². The molecule has 1 N–H and O–H groups in total. The smallest absolute Gasteiger partial charge is 0.352 e. The van der Waals surface area contributed by atoms with Gasteiger partial charge < -0.3 is 10.0 Å². The van der Waals surface area contributed by atoms with Gasteiger partial charge in [-0.15, -0.1) is 0 Å². The van der Waals surface area contributed by atoms with Crippen LogP contribution in [0.4, 0.5) is 0 Å². The number of aromatic nitrogens is 2. The van der Waals surface area contributed by atoms with E-state index < -0.39 is 5.97 Å². The summed E-state index contributed by atoms with van der Waals surface area (Å²) in [5.41, 5.74) is 1.94. The first-order valence-corrected chi connectivity index (χ1v) is 7.05. The highest BCUT2D eigenvalue weighted by Crippen LogP contribution is 2.19. The van der Waals surface area contributed by atoms with Crippen molar-refractivity contribution >= 4 is 11.6 Å². The molecule has 0 amide bonds. The molecular weight excluding hydrogens is 254 g/mol. The van der Waals surface area contributed by atoms with E-state index in [9.17, 15) is 9.90 Å². The van der Waals surface area contributed by atoms with Crippen LogP contribution in [0.25, 0.3) is 5.65 Å². The number of hydrogen-bond acceptors (Lipinski definition) is 3. The average Bonchev–Trinajstić information content (AvgIpc) is 2.83. The Bertz CT molecular complexity index is 635. The maximum absolute atomic E-state index is 11.2. The second kappa shape index (κ2) is 5.25. The first kappa shape index (κ1) is 13.1. The van der Waals surface area contributed by atoms with E-state index in [0.717, 1.165) is 18.7 Å². The summed E-state index contributed by atoms with van der Waals surface area (Å²) in [7, 11) is 2.16. The van der Waals surface area contributed by atoms with E-state index in [-0.39, 0.29) is 5.69 Å². The van der Waals surface area contributed by atoms with Crippen LogP contribution < -0.4 is 0 Å². The zero-order valence-corrected chi connectivity index (χ0v) is 11.6. The van der Waals surface area contributed by atoms with E-state index in [2.05, 4.69) is 16.9 Å². The van der Waals surface area contributed by atoms with Crippen molar-refractivity contribution in [3.8, 4) is 0 Å². The number of piperidine rings is 1. The van der Waals surface area contributed by atoms with Gasteiger partial charge in [0.1, 0.15) is 11.3 Å². The van der Waals surface area contributed by atoms with E-state index in [1.54, 1.807) is 16.5 Å². The molecule has 0 spiro atoms. The third-order valence-electron chi connectivity index (χ3n) is 4.13. The Labute approximate surface area is 117 Å². The molecule has 20 heavy (non-hydrogen) atoms. The van der Waals surface area contributed by atoms with E-state index in [1.165, 1.54) is 19.3 Å². The van der Waals surface area contributed by atoms with Gasteiger partial charge in [-0.1, -0.05) is 12.5 Å². The first-order chi connectivity index (χ1) is 9.65. The van der Waals surface area contributed by atoms with Crippen LogP contribution in [0.3, 0.4) is 0 Å². The first-order valence-electron chi connectivity index (χ1n) is 7.05. The molecule has 1 unspecified atom stereocenters. The maximum atomic E-state index is 11.2. The number of pyridine rings is 1. The highest BCUT2D eigenvalue weighted by Gasteiger charge is 2.20. The summed E-state index contributed by atoms with van der Waals surface area (Å²) >= 11 is 0.